The Morgan fingerprint density at radius 1 is 1.29 bits per heavy atom. The molecule has 82 valence electrons. The first-order valence-electron chi connectivity index (χ1n) is 5.58. The Balaban J connectivity index is 2.51. The van der Waals surface area contributed by atoms with Crippen molar-refractivity contribution in [3.05, 3.63) is 0 Å². The van der Waals surface area contributed by atoms with Gasteiger partial charge in [-0.15, -0.1) is 0 Å². The summed E-state index contributed by atoms with van der Waals surface area (Å²) in [5.41, 5.74) is 0. The smallest absolute Gasteiger partial charge is 0.320 e. The van der Waals surface area contributed by atoms with Crippen molar-refractivity contribution < 1.29 is 9.90 Å². The Labute approximate surface area is 86.1 Å². The van der Waals surface area contributed by atoms with Gasteiger partial charge in [-0.05, 0) is 38.3 Å². The maximum atomic E-state index is 11.1. The average Bonchev–Trinajstić information content (AvgIpc) is 2.15. The summed E-state index contributed by atoms with van der Waals surface area (Å²) in [6, 6.07) is -0.254. The van der Waals surface area contributed by atoms with Crippen LogP contribution in [0.25, 0.3) is 0 Å². The minimum absolute atomic E-state index is 0.254. The van der Waals surface area contributed by atoms with Crippen LogP contribution < -0.4 is 0 Å². The lowest BCUT2D eigenvalue weighted by Gasteiger charge is -2.32. The molecular formula is C11H21NO2. The van der Waals surface area contributed by atoms with E-state index in [1.165, 1.54) is 6.42 Å². The van der Waals surface area contributed by atoms with Crippen molar-refractivity contribution >= 4 is 5.97 Å². The molecule has 1 N–H and O–H groups in total. The predicted octanol–water partition coefficient (Wildman–Crippen LogP) is 1.97. The monoisotopic (exact) mass is 199 g/mol. The van der Waals surface area contributed by atoms with Crippen LogP contribution in [0.5, 0.6) is 0 Å². The van der Waals surface area contributed by atoms with Gasteiger partial charge in [-0.2, -0.15) is 0 Å². The third-order valence-corrected chi connectivity index (χ3v) is 2.81. The topological polar surface area (TPSA) is 40.5 Å². The highest BCUT2D eigenvalue weighted by molar-refractivity contribution is 5.73. The van der Waals surface area contributed by atoms with Gasteiger partial charge < -0.3 is 5.11 Å². The van der Waals surface area contributed by atoms with Gasteiger partial charge in [-0.1, -0.05) is 20.3 Å². The van der Waals surface area contributed by atoms with Gasteiger partial charge >= 0.3 is 5.97 Å². The molecule has 0 radical (unpaired) electrons. The van der Waals surface area contributed by atoms with E-state index in [0.717, 1.165) is 32.4 Å². The average molecular weight is 199 g/mol. The first-order chi connectivity index (χ1) is 6.61. The van der Waals surface area contributed by atoms with E-state index >= 15 is 0 Å². The van der Waals surface area contributed by atoms with Crippen molar-refractivity contribution in [2.24, 2.45) is 5.92 Å². The van der Waals surface area contributed by atoms with E-state index in [9.17, 15) is 4.79 Å². The van der Waals surface area contributed by atoms with E-state index in [1.807, 2.05) is 0 Å². The Morgan fingerprint density at radius 3 is 2.29 bits per heavy atom. The number of carboxylic acid groups (broad SMARTS) is 1. The summed E-state index contributed by atoms with van der Waals surface area (Å²) in [6.45, 7) is 6.09. The Morgan fingerprint density at radius 2 is 1.86 bits per heavy atom. The lowest BCUT2D eigenvalue weighted by molar-refractivity contribution is -0.144. The molecule has 1 saturated heterocycles. The summed E-state index contributed by atoms with van der Waals surface area (Å²) in [7, 11) is 0. The third kappa shape index (κ3) is 3.29. The Bertz CT molecular complexity index is 186. The van der Waals surface area contributed by atoms with E-state index in [4.69, 9.17) is 5.11 Å². The highest BCUT2D eigenvalue weighted by Gasteiger charge is 2.27. The molecule has 1 rings (SSSR count). The van der Waals surface area contributed by atoms with Crippen LogP contribution >= 0.6 is 0 Å². The Kier molecular flexibility index (Phi) is 4.39. The van der Waals surface area contributed by atoms with Crippen LogP contribution in [0.4, 0.5) is 0 Å². The molecule has 1 fully saturated rings. The van der Waals surface area contributed by atoms with Crippen molar-refractivity contribution in [3.8, 4) is 0 Å². The summed E-state index contributed by atoms with van der Waals surface area (Å²) in [5.74, 6) is -0.196. The van der Waals surface area contributed by atoms with Gasteiger partial charge in [0.2, 0.25) is 0 Å². The number of nitrogens with zero attached hydrogens (tertiary/aromatic N) is 1. The number of hydrogen-bond acceptors (Lipinski definition) is 2. The zero-order valence-corrected chi connectivity index (χ0v) is 9.20. The Hall–Kier alpha value is -0.570. The standard InChI is InChI=1S/C11H21NO2/c1-9(2)8-10(11(13)14)12-6-4-3-5-7-12/h9-10H,3-8H2,1-2H3,(H,13,14)/t10-/m0/s1. The number of carboxylic acids is 1. The number of carbonyl (C=O) groups is 1. The number of piperidine rings is 1. The molecule has 0 aromatic carbocycles. The lowest BCUT2D eigenvalue weighted by atomic mass is 10.00. The summed E-state index contributed by atoms with van der Waals surface area (Å²) < 4.78 is 0. The van der Waals surface area contributed by atoms with Crippen LogP contribution in [0.15, 0.2) is 0 Å². The fourth-order valence-corrected chi connectivity index (χ4v) is 2.08. The molecular weight excluding hydrogens is 178 g/mol. The molecule has 3 heteroatoms. The fourth-order valence-electron chi connectivity index (χ4n) is 2.08. The normalized spacial score (nSPS) is 21.1. The molecule has 0 saturated carbocycles. The zero-order chi connectivity index (χ0) is 10.6. The molecule has 0 aromatic rings. The molecule has 0 spiro atoms. The quantitative estimate of drug-likeness (QED) is 0.752. The molecule has 1 heterocycles. The van der Waals surface area contributed by atoms with Gasteiger partial charge in [0.25, 0.3) is 0 Å². The predicted molar refractivity (Wildman–Crippen MR) is 56.3 cm³/mol. The van der Waals surface area contributed by atoms with Crippen LogP contribution in [0.1, 0.15) is 39.5 Å². The van der Waals surface area contributed by atoms with Gasteiger partial charge in [0.15, 0.2) is 0 Å². The van der Waals surface area contributed by atoms with Crippen LogP contribution in [0.2, 0.25) is 0 Å². The minimum atomic E-state index is -0.652. The lowest BCUT2D eigenvalue weighted by Crippen LogP contribution is -2.44. The largest absolute Gasteiger partial charge is 0.480 e. The molecule has 3 nitrogen and oxygen atoms in total. The summed E-state index contributed by atoms with van der Waals surface area (Å²) in [4.78, 5) is 13.2. The van der Waals surface area contributed by atoms with Crippen molar-refractivity contribution in [3.63, 3.8) is 0 Å². The number of hydrogen-bond donors (Lipinski definition) is 1. The van der Waals surface area contributed by atoms with E-state index in [1.54, 1.807) is 0 Å². The summed E-state index contributed by atoms with van der Waals surface area (Å²) in [6.07, 6.45) is 4.34. The summed E-state index contributed by atoms with van der Waals surface area (Å²) in [5, 5.41) is 9.13. The molecule has 0 bridgehead atoms. The maximum Gasteiger partial charge on any atom is 0.320 e. The SMILES string of the molecule is CC(C)C[C@@H](C(=O)O)N1CCCCC1. The second-order valence-corrected chi connectivity index (χ2v) is 4.58. The number of rotatable bonds is 4. The van der Waals surface area contributed by atoms with E-state index in [2.05, 4.69) is 18.7 Å². The third-order valence-electron chi connectivity index (χ3n) is 2.81. The van der Waals surface area contributed by atoms with Gasteiger partial charge in [0, 0.05) is 0 Å². The molecule has 1 aliphatic rings. The van der Waals surface area contributed by atoms with Crippen LogP contribution in [-0.4, -0.2) is 35.1 Å². The second-order valence-electron chi connectivity index (χ2n) is 4.58. The fraction of sp³-hybridized carbons (Fsp3) is 0.909. The maximum absolute atomic E-state index is 11.1. The first-order valence-corrected chi connectivity index (χ1v) is 5.58. The van der Waals surface area contributed by atoms with Crippen molar-refractivity contribution in [1.82, 2.24) is 4.90 Å². The summed E-state index contributed by atoms with van der Waals surface area (Å²) >= 11 is 0. The zero-order valence-electron chi connectivity index (χ0n) is 9.20. The van der Waals surface area contributed by atoms with Gasteiger partial charge in [0.1, 0.15) is 6.04 Å². The van der Waals surface area contributed by atoms with Crippen LogP contribution in [0, 0.1) is 5.92 Å². The van der Waals surface area contributed by atoms with Crippen molar-refractivity contribution in [2.75, 3.05) is 13.1 Å². The van der Waals surface area contributed by atoms with E-state index in [-0.39, 0.29) is 6.04 Å². The van der Waals surface area contributed by atoms with Crippen molar-refractivity contribution in [2.45, 2.75) is 45.6 Å². The molecule has 14 heavy (non-hydrogen) atoms. The molecule has 0 unspecified atom stereocenters. The molecule has 1 atom stereocenters. The van der Waals surface area contributed by atoms with Crippen LogP contribution in [0.3, 0.4) is 0 Å². The molecule has 0 amide bonds. The van der Waals surface area contributed by atoms with Crippen molar-refractivity contribution in [1.29, 1.82) is 0 Å². The van der Waals surface area contributed by atoms with Gasteiger partial charge in [0.05, 0.1) is 0 Å². The minimum Gasteiger partial charge on any atom is -0.480 e. The second kappa shape index (κ2) is 5.35. The molecule has 1 aliphatic heterocycles. The van der Waals surface area contributed by atoms with E-state index in [0.29, 0.717) is 5.92 Å². The number of aliphatic carboxylic acids is 1. The highest BCUT2D eigenvalue weighted by Crippen LogP contribution is 2.17. The van der Waals surface area contributed by atoms with Gasteiger partial charge in [-0.25, -0.2) is 0 Å². The van der Waals surface area contributed by atoms with Gasteiger partial charge in [-0.3, -0.25) is 9.69 Å². The van der Waals surface area contributed by atoms with Crippen LogP contribution in [-0.2, 0) is 4.79 Å². The first kappa shape index (κ1) is 11.5. The molecule has 0 aromatic heterocycles. The highest BCUT2D eigenvalue weighted by atomic mass is 16.4. The molecule has 0 aliphatic carbocycles. The number of likely N-dealkylation sites (tertiary alicyclic amines) is 1. The van der Waals surface area contributed by atoms with E-state index < -0.39 is 5.97 Å².